The van der Waals surface area contributed by atoms with Crippen molar-refractivity contribution in [3.8, 4) is 6.07 Å². The fourth-order valence-electron chi connectivity index (χ4n) is 1.39. The van der Waals surface area contributed by atoms with Crippen LogP contribution in [0.1, 0.15) is 26.3 Å². The SMILES string of the molecule is Cc1cc(S(=O)(=O)N[C@](C)(C#N)C(C)C)ccc1Br. The Morgan fingerprint density at radius 2 is 2.00 bits per heavy atom. The van der Waals surface area contributed by atoms with Crippen molar-refractivity contribution in [3.05, 3.63) is 28.2 Å². The molecule has 1 aromatic carbocycles. The third-order valence-corrected chi connectivity index (χ3v) is 5.63. The van der Waals surface area contributed by atoms with Gasteiger partial charge in [-0.1, -0.05) is 29.8 Å². The van der Waals surface area contributed by atoms with E-state index in [-0.39, 0.29) is 10.8 Å². The number of halogens is 1. The van der Waals surface area contributed by atoms with Gasteiger partial charge >= 0.3 is 0 Å². The normalized spacial score (nSPS) is 15.0. The van der Waals surface area contributed by atoms with Gasteiger partial charge in [0.05, 0.1) is 11.0 Å². The van der Waals surface area contributed by atoms with Crippen LogP contribution < -0.4 is 4.72 Å². The number of rotatable bonds is 4. The molecule has 0 aromatic heterocycles. The molecule has 104 valence electrons. The quantitative estimate of drug-likeness (QED) is 0.912. The van der Waals surface area contributed by atoms with E-state index in [2.05, 4.69) is 20.7 Å². The average Bonchev–Trinajstić information content (AvgIpc) is 2.31. The molecule has 0 radical (unpaired) electrons. The number of nitrogens with one attached hydrogen (secondary N) is 1. The molecule has 0 saturated heterocycles. The van der Waals surface area contributed by atoms with Gasteiger partial charge in [0.1, 0.15) is 5.54 Å². The summed E-state index contributed by atoms with van der Waals surface area (Å²) in [5, 5.41) is 9.18. The second-order valence-electron chi connectivity index (χ2n) is 4.99. The zero-order valence-corrected chi connectivity index (χ0v) is 13.8. The van der Waals surface area contributed by atoms with Crippen molar-refractivity contribution in [1.82, 2.24) is 4.72 Å². The average molecular weight is 345 g/mol. The number of nitrogens with zero attached hydrogens (tertiary/aromatic N) is 1. The molecule has 19 heavy (non-hydrogen) atoms. The summed E-state index contributed by atoms with van der Waals surface area (Å²) < 4.78 is 27.9. The Bertz CT molecular complexity index is 620. The first-order valence-corrected chi connectivity index (χ1v) is 8.11. The predicted octanol–water partition coefficient (Wildman–Crippen LogP) is 2.97. The summed E-state index contributed by atoms with van der Waals surface area (Å²) in [6.45, 7) is 7.01. The Morgan fingerprint density at radius 3 is 2.42 bits per heavy atom. The lowest BCUT2D eigenvalue weighted by Gasteiger charge is -2.27. The van der Waals surface area contributed by atoms with Crippen molar-refractivity contribution in [2.75, 3.05) is 0 Å². The molecule has 1 rings (SSSR count). The molecule has 0 unspecified atom stereocenters. The molecule has 0 aliphatic heterocycles. The summed E-state index contributed by atoms with van der Waals surface area (Å²) >= 11 is 3.33. The highest BCUT2D eigenvalue weighted by Crippen LogP contribution is 2.23. The summed E-state index contributed by atoms with van der Waals surface area (Å²) in [6.07, 6.45) is 0. The van der Waals surface area contributed by atoms with Gasteiger partial charge in [-0.15, -0.1) is 0 Å². The topological polar surface area (TPSA) is 70.0 Å². The summed E-state index contributed by atoms with van der Waals surface area (Å²) in [5.74, 6) is -0.135. The Hall–Kier alpha value is -0.900. The molecule has 1 N–H and O–H groups in total. The Morgan fingerprint density at radius 1 is 1.42 bits per heavy atom. The van der Waals surface area contributed by atoms with Gasteiger partial charge in [-0.05, 0) is 43.5 Å². The van der Waals surface area contributed by atoms with Crippen LogP contribution in [-0.2, 0) is 10.0 Å². The first-order valence-electron chi connectivity index (χ1n) is 5.84. The van der Waals surface area contributed by atoms with Crippen molar-refractivity contribution >= 4 is 26.0 Å². The van der Waals surface area contributed by atoms with E-state index in [0.717, 1.165) is 10.0 Å². The molecule has 0 heterocycles. The van der Waals surface area contributed by atoms with Crippen molar-refractivity contribution in [3.63, 3.8) is 0 Å². The minimum Gasteiger partial charge on any atom is -0.207 e. The third-order valence-electron chi connectivity index (χ3n) is 3.17. The highest BCUT2D eigenvalue weighted by atomic mass is 79.9. The van der Waals surface area contributed by atoms with Crippen LogP contribution in [0, 0.1) is 24.2 Å². The van der Waals surface area contributed by atoms with Crippen molar-refractivity contribution in [1.29, 1.82) is 5.26 Å². The number of aryl methyl sites for hydroxylation is 1. The summed E-state index contributed by atoms with van der Waals surface area (Å²) in [7, 11) is -3.71. The minimum absolute atomic E-state index is 0.135. The molecule has 1 aromatic rings. The van der Waals surface area contributed by atoms with Gasteiger partial charge in [0.15, 0.2) is 0 Å². The largest absolute Gasteiger partial charge is 0.241 e. The van der Waals surface area contributed by atoms with Crippen LogP contribution in [0.3, 0.4) is 0 Å². The molecule has 0 saturated carbocycles. The van der Waals surface area contributed by atoms with Crippen LogP contribution >= 0.6 is 15.9 Å². The van der Waals surface area contributed by atoms with E-state index in [4.69, 9.17) is 0 Å². The van der Waals surface area contributed by atoms with Gasteiger partial charge in [0.2, 0.25) is 10.0 Å². The smallest absolute Gasteiger partial charge is 0.207 e. The highest BCUT2D eigenvalue weighted by Gasteiger charge is 2.33. The zero-order chi connectivity index (χ0) is 14.8. The molecule has 0 bridgehead atoms. The van der Waals surface area contributed by atoms with Gasteiger partial charge in [-0.25, -0.2) is 8.42 Å². The van der Waals surface area contributed by atoms with E-state index in [1.54, 1.807) is 32.9 Å². The molecule has 0 aliphatic carbocycles. The van der Waals surface area contributed by atoms with E-state index < -0.39 is 15.6 Å². The second-order valence-corrected chi connectivity index (χ2v) is 7.52. The minimum atomic E-state index is -3.71. The van der Waals surface area contributed by atoms with Crippen LogP contribution in [0.5, 0.6) is 0 Å². The number of hydrogen-bond acceptors (Lipinski definition) is 3. The predicted molar refractivity (Wildman–Crippen MR) is 78.1 cm³/mol. The molecule has 6 heteroatoms. The Labute approximate surface area is 123 Å². The van der Waals surface area contributed by atoms with Crippen molar-refractivity contribution in [2.45, 2.75) is 38.1 Å². The summed E-state index contributed by atoms with van der Waals surface area (Å²) in [6, 6.07) is 6.80. The molecule has 1 atom stereocenters. The first kappa shape index (κ1) is 16.2. The number of hydrogen-bond donors (Lipinski definition) is 1. The van der Waals surface area contributed by atoms with Crippen molar-refractivity contribution < 1.29 is 8.42 Å². The molecule has 4 nitrogen and oxygen atoms in total. The number of sulfonamides is 1. The van der Waals surface area contributed by atoms with Gasteiger partial charge in [-0.3, -0.25) is 0 Å². The maximum absolute atomic E-state index is 12.3. The first-order chi connectivity index (χ1) is 8.62. The second kappa shape index (κ2) is 5.61. The molecule has 0 aliphatic rings. The van der Waals surface area contributed by atoms with Crippen LogP contribution in [0.4, 0.5) is 0 Å². The Balaban J connectivity index is 3.19. The lowest BCUT2D eigenvalue weighted by atomic mass is 9.92. The van der Waals surface area contributed by atoms with Gasteiger partial charge in [-0.2, -0.15) is 9.98 Å². The van der Waals surface area contributed by atoms with E-state index in [1.807, 2.05) is 13.0 Å². The van der Waals surface area contributed by atoms with Crippen LogP contribution in [0.25, 0.3) is 0 Å². The monoisotopic (exact) mass is 344 g/mol. The standard InChI is InChI=1S/C13H17BrN2O2S/c1-9(2)13(4,8-15)16-19(17,18)11-5-6-12(14)10(3)7-11/h5-7,9,16H,1-4H3/t13-/m1/s1. The van der Waals surface area contributed by atoms with Crippen LogP contribution in [-0.4, -0.2) is 14.0 Å². The van der Waals surface area contributed by atoms with Gasteiger partial charge in [0, 0.05) is 4.47 Å². The number of nitriles is 1. The van der Waals surface area contributed by atoms with E-state index in [0.29, 0.717) is 0 Å². The van der Waals surface area contributed by atoms with E-state index >= 15 is 0 Å². The fraction of sp³-hybridized carbons (Fsp3) is 0.462. The van der Waals surface area contributed by atoms with Crippen molar-refractivity contribution in [2.24, 2.45) is 5.92 Å². The Kier molecular flexibility index (Phi) is 4.77. The molecular weight excluding hydrogens is 328 g/mol. The maximum Gasteiger partial charge on any atom is 0.241 e. The van der Waals surface area contributed by atoms with Crippen LogP contribution in [0.15, 0.2) is 27.6 Å². The van der Waals surface area contributed by atoms with Gasteiger partial charge < -0.3 is 0 Å². The molecular formula is C13H17BrN2O2S. The lowest BCUT2D eigenvalue weighted by Crippen LogP contribution is -2.48. The highest BCUT2D eigenvalue weighted by molar-refractivity contribution is 9.10. The number of benzene rings is 1. The van der Waals surface area contributed by atoms with E-state index in [1.165, 1.54) is 6.07 Å². The summed E-state index contributed by atoms with van der Waals surface area (Å²) in [4.78, 5) is 0.162. The molecule has 0 fully saturated rings. The van der Waals surface area contributed by atoms with Crippen LogP contribution in [0.2, 0.25) is 0 Å². The van der Waals surface area contributed by atoms with E-state index in [9.17, 15) is 13.7 Å². The maximum atomic E-state index is 12.3. The lowest BCUT2D eigenvalue weighted by molar-refractivity contribution is 0.389. The molecule has 0 spiro atoms. The fourth-order valence-corrected chi connectivity index (χ4v) is 3.18. The zero-order valence-electron chi connectivity index (χ0n) is 11.4. The van der Waals surface area contributed by atoms with Gasteiger partial charge in [0.25, 0.3) is 0 Å². The summed E-state index contributed by atoms with van der Waals surface area (Å²) in [5.41, 5.74) is -0.300. The molecule has 0 amide bonds. The third kappa shape index (κ3) is 3.56.